The molecule has 0 unspecified atom stereocenters. The summed E-state index contributed by atoms with van der Waals surface area (Å²) in [6.45, 7) is 9.83. The van der Waals surface area contributed by atoms with Crippen LogP contribution in [0.25, 0.3) is 22.7 Å². The van der Waals surface area contributed by atoms with Gasteiger partial charge in [-0.15, -0.1) is 0 Å². The molecule has 0 radical (unpaired) electrons. The van der Waals surface area contributed by atoms with Gasteiger partial charge in [0, 0.05) is 6.08 Å². The minimum Gasteiger partial charge on any atom is -0.463 e. The molecule has 28 heavy (non-hydrogen) atoms. The highest BCUT2D eigenvalue weighted by atomic mass is 16.5. The number of rotatable bonds is 4. The van der Waals surface area contributed by atoms with Crippen molar-refractivity contribution >= 4 is 22.9 Å². The van der Waals surface area contributed by atoms with Crippen molar-refractivity contribution in [2.24, 2.45) is 0 Å². The van der Waals surface area contributed by atoms with Crippen molar-refractivity contribution in [2.45, 2.75) is 34.6 Å². The zero-order chi connectivity index (χ0) is 20.4. The quantitative estimate of drug-likeness (QED) is 0.506. The molecule has 0 saturated heterocycles. The van der Waals surface area contributed by atoms with E-state index >= 15 is 0 Å². The van der Waals surface area contributed by atoms with Crippen LogP contribution in [0.4, 0.5) is 0 Å². The topological polar surface area (TPSA) is 61.2 Å². The van der Waals surface area contributed by atoms with Crippen LogP contribution in [0.2, 0.25) is 0 Å². The first-order valence-corrected chi connectivity index (χ1v) is 9.29. The third kappa shape index (κ3) is 3.60. The molecule has 3 aromatic rings. The number of aryl methyl sites for hydroxylation is 4. The van der Waals surface area contributed by atoms with Crippen molar-refractivity contribution in [1.82, 2.24) is 9.55 Å². The number of hydrogen-bond acceptors (Lipinski definition) is 4. The third-order valence-corrected chi connectivity index (χ3v) is 4.77. The van der Waals surface area contributed by atoms with Gasteiger partial charge in [0.1, 0.15) is 5.82 Å². The fourth-order valence-corrected chi connectivity index (χ4v) is 3.41. The summed E-state index contributed by atoms with van der Waals surface area (Å²) in [6.07, 6.45) is 3.05. The molecule has 1 heterocycles. The van der Waals surface area contributed by atoms with Crippen LogP contribution in [0.3, 0.4) is 0 Å². The minimum absolute atomic E-state index is 0.120. The molecule has 3 rings (SSSR count). The second kappa shape index (κ2) is 7.80. The lowest BCUT2D eigenvalue weighted by molar-refractivity contribution is -0.137. The number of para-hydroxylation sites is 1. The molecule has 0 saturated carbocycles. The van der Waals surface area contributed by atoms with Crippen LogP contribution in [0, 0.1) is 27.7 Å². The van der Waals surface area contributed by atoms with Crippen LogP contribution in [-0.2, 0) is 9.53 Å². The first-order valence-electron chi connectivity index (χ1n) is 9.29. The van der Waals surface area contributed by atoms with Crippen LogP contribution in [0.5, 0.6) is 0 Å². The van der Waals surface area contributed by atoms with Gasteiger partial charge in [0.25, 0.3) is 5.56 Å². The number of fused-ring (bicyclic) bond motifs is 1. The van der Waals surface area contributed by atoms with E-state index in [0.717, 1.165) is 27.9 Å². The van der Waals surface area contributed by atoms with Crippen LogP contribution >= 0.6 is 0 Å². The maximum atomic E-state index is 13.4. The van der Waals surface area contributed by atoms with E-state index in [-0.39, 0.29) is 5.56 Å². The van der Waals surface area contributed by atoms with E-state index in [1.54, 1.807) is 23.6 Å². The number of benzene rings is 2. The summed E-state index contributed by atoms with van der Waals surface area (Å²) in [5.41, 5.74) is 5.15. The summed E-state index contributed by atoms with van der Waals surface area (Å²) in [7, 11) is 0. The summed E-state index contributed by atoms with van der Waals surface area (Å²) in [6, 6.07) is 9.62. The maximum absolute atomic E-state index is 13.4. The Bertz CT molecular complexity index is 1140. The summed E-state index contributed by atoms with van der Waals surface area (Å²) >= 11 is 0. The molecule has 0 atom stereocenters. The molecule has 0 N–H and O–H groups in total. The average molecular weight is 376 g/mol. The van der Waals surface area contributed by atoms with Gasteiger partial charge in [-0.25, -0.2) is 9.78 Å². The SMILES string of the molecule is CCOC(=O)C=Cc1cc2c(=O)n(-c3c(C)cccc3C)c(C)nc2cc1C. The Labute approximate surface area is 164 Å². The summed E-state index contributed by atoms with van der Waals surface area (Å²) in [5, 5.41) is 0.516. The van der Waals surface area contributed by atoms with Gasteiger partial charge in [-0.3, -0.25) is 9.36 Å². The highest BCUT2D eigenvalue weighted by Crippen LogP contribution is 2.22. The zero-order valence-electron chi connectivity index (χ0n) is 16.9. The van der Waals surface area contributed by atoms with Gasteiger partial charge < -0.3 is 4.74 Å². The smallest absolute Gasteiger partial charge is 0.330 e. The summed E-state index contributed by atoms with van der Waals surface area (Å²) in [4.78, 5) is 29.7. The molecule has 144 valence electrons. The molecule has 1 aromatic heterocycles. The van der Waals surface area contributed by atoms with Crippen molar-refractivity contribution in [3.05, 3.63) is 74.8 Å². The Kier molecular flexibility index (Phi) is 5.45. The van der Waals surface area contributed by atoms with E-state index in [4.69, 9.17) is 4.74 Å². The third-order valence-electron chi connectivity index (χ3n) is 4.77. The maximum Gasteiger partial charge on any atom is 0.330 e. The zero-order valence-corrected chi connectivity index (χ0v) is 16.9. The Balaban J connectivity index is 2.23. The van der Waals surface area contributed by atoms with Crippen LogP contribution in [-0.4, -0.2) is 22.1 Å². The van der Waals surface area contributed by atoms with Crippen molar-refractivity contribution < 1.29 is 9.53 Å². The number of carbonyl (C=O) groups is 1. The Morgan fingerprint density at radius 1 is 1.11 bits per heavy atom. The summed E-state index contributed by atoms with van der Waals surface area (Å²) < 4.78 is 6.60. The lowest BCUT2D eigenvalue weighted by atomic mass is 10.0. The molecule has 2 aromatic carbocycles. The van der Waals surface area contributed by atoms with Crippen molar-refractivity contribution in [3.63, 3.8) is 0 Å². The lowest BCUT2D eigenvalue weighted by Gasteiger charge is -2.16. The van der Waals surface area contributed by atoms with E-state index in [0.29, 0.717) is 23.3 Å². The van der Waals surface area contributed by atoms with Crippen LogP contribution < -0.4 is 5.56 Å². The second-order valence-corrected chi connectivity index (χ2v) is 6.85. The average Bonchev–Trinajstić information content (AvgIpc) is 2.63. The number of nitrogens with zero attached hydrogens (tertiary/aromatic N) is 2. The Morgan fingerprint density at radius 2 is 1.79 bits per heavy atom. The van der Waals surface area contributed by atoms with E-state index in [1.807, 2.05) is 52.0 Å². The molecular weight excluding hydrogens is 352 g/mol. The number of aromatic nitrogens is 2. The monoisotopic (exact) mass is 376 g/mol. The van der Waals surface area contributed by atoms with Crippen molar-refractivity contribution in [1.29, 1.82) is 0 Å². The molecular formula is C23H24N2O3. The lowest BCUT2D eigenvalue weighted by Crippen LogP contribution is -2.24. The molecule has 0 bridgehead atoms. The van der Waals surface area contributed by atoms with E-state index in [2.05, 4.69) is 4.98 Å². The predicted molar refractivity (Wildman–Crippen MR) is 112 cm³/mol. The van der Waals surface area contributed by atoms with Gasteiger partial charge in [0.2, 0.25) is 0 Å². The first kappa shape index (κ1) is 19.5. The Hall–Kier alpha value is -3.21. The molecule has 0 aliphatic carbocycles. The Morgan fingerprint density at radius 3 is 2.43 bits per heavy atom. The largest absolute Gasteiger partial charge is 0.463 e. The fraction of sp³-hybridized carbons (Fsp3) is 0.261. The van der Waals surface area contributed by atoms with Gasteiger partial charge in [0.15, 0.2) is 0 Å². The molecule has 0 aliphatic heterocycles. The predicted octanol–water partition coefficient (Wildman–Crippen LogP) is 4.20. The number of ether oxygens (including phenoxy) is 1. The standard InChI is InChI=1S/C23H24N2O3/c1-6-28-21(26)11-10-18-13-19-20(12-16(18)4)24-17(5)25(23(19)27)22-14(2)8-7-9-15(22)3/h7-13H,6H2,1-5H3. The molecule has 0 amide bonds. The normalized spacial score (nSPS) is 11.3. The number of esters is 1. The fourth-order valence-electron chi connectivity index (χ4n) is 3.41. The van der Waals surface area contributed by atoms with Gasteiger partial charge in [-0.1, -0.05) is 18.2 Å². The molecule has 0 fully saturated rings. The van der Waals surface area contributed by atoms with Crippen LogP contribution in [0.15, 0.2) is 41.2 Å². The molecule has 5 nitrogen and oxygen atoms in total. The van der Waals surface area contributed by atoms with E-state index in [1.165, 1.54) is 6.08 Å². The second-order valence-electron chi connectivity index (χ2n) is 6.85. The van der Waals surface area contributed by atoms with Gasteiger partial charge >= 0.3 is 5.97 Å². The number of carbonyl (C=O) groups excluding carboxylic acids is 1. The molecule has 5 heteroatoms. The highest BCUT2D eigenvalue weighted by molar-refractivity contribution is 5.89. The molecule has 0 spiro atoms. The van der Waals surface area contributed by atoms with Gasteiger partial charge in [0.05, 0.1) is 23.2 Å². The minimum atomic E-state index is -0.406. The number of hydrogen-bond donors (Lipinski definition) is 0. The van der Waals surface area contributed by atoms with Crippen LogP contribution in [0.1, 0.15) is 35.0 Å². The first-order chi connectivity index (χ1) is 13.3. The van der Waals surface area contributed by atoms with Gasteiger partial charge in [-0.2, -0.15) is 0 Å². The van der Waals surface area contributed by atoms with E-state index < -0.39 is 5.97 Å². The van der Waals surface area contributed by atoms with E-state index in [9.17, 15) is 9.59 Å². The summed E-state index contributed by atoms with van der Waals surface area (Å²) in [5.74, 6) is 0.237. The van der Waals surface area contributed by atoms with Gasteiger partial charge in [-0.05, 0) is 75.1 Å². The van der Waals surface area contributed by atoms with Crippen molar-refractivity contribution in [2.75, 3.05) is 6.61 Å². The highest BCUT2D eigenvalue weighted by Gasteiger charge is 2.14. The molecule has 0 aliphatic rings. The van der Waals surface area contributed by atoms with Crippen molar-refractivity contribution in [3.8, 4) is 5.69 Å².